The molecule has 0 spiro atoms. The predicted octanol–water partition coefficient (Wildman–Crippen LogP) is 1.62. The molecule has 0 bridgehead atoms. The highest BCUT2D eigenvalue weighted by molar-refractivity contribution is 7.80. The average molecular weight is 287 g/mol. The number of hydrogen-bond acceptors (Lipinski definition) is 3. The molecule has 0 aliphatic heterocycles. The molecule has 1 radical (unpaired) electrons. The number of anilines is 1. The fourth-order valence-electron chi connectivity index (χ4n) is 1.72. The lowest BCUT2D eigenvalue weighted by Crippen LogP contribution is -2.30. The minimum absolute atomic E-state index is 0.346. The summed E-state index contributed by atoms with van der Waals surface area (Å²) in [6, 6.07) is 6.92. The number of nitrogen functional groups attached to an aromatic ring is 1. The second kappa shape index (κ2) is 6.83. The largest absolute Gasteiger partial charge is 0.333 e. The van der Waals surface area contributed by atoms with Crippen LogP contribution in [-0.4, -0.2) is 11.0 Å². The van der Waals surface area contributed by atoms with Crippen molar-refractivity contribution in [2.75, 3.05) is 5.32 Å². The van der Waals surface area contributed by atoms with Crippen molar-refractivity contribution in [1.29, 1.82) is 0 Å². The Morgan fingerprint density at radius 2 is 2.15 bits per heavy atom. The number of carbonyl (C=O) groups is 1. The summed E-state index contributed by atoms with van der Waals surface area (Å²) in [5.74, 6) is 4.76. The number of benzene rings is 1. The number of rotatable bonds is 3. The van der Waals surface area contributed by atoms with Gasteiger partial charge in [-0.3, -0.25) is 10.2 Å². The van der Waals surface area contributed by atoms with Crippen LogP contribution in [0.15, 0.2) is 48.2 Å². The molecule has 1 aliphatic carbocycles. The summed E-state index contributed by atoms with van der Waals surface area (Å²) in [5.41, 5.74) is 4.22. The molecule has 5 N–H and O–H groups in total. The van der Waals surface area contributed by atoms with E-state index in [1.165, 1.54) is 0 Å². The van der Waals surface area contributed by atoms with E-state index in [2.05, 4.69) is 22.5 Å². The van der Waals surface area contributed by atoms with E-state index in [-0.39, 0.29) is 5.91 Å². The van der Waals surface area contributed by atoms with Crippen LogP contribution in [0.3, 0.4) is 0 Å². The van der Waals surface area contributed by atoms with Gasteiger partial charge in [-0.25, -0.2) is 5.84 Å². The Bertz CT molecular complexity index is 580. The van der Waals surface area contributed by atoms with Gasteiger partial charge < -0.3 is 10.6 Å². The van der Waals surface area contributed by atoms with Crippen molar-refractivity contribution in [3.63, 3.8) is 0 Å². The number of hydrogen-bond donors (Lipinski definition) is 4. The number of nitrogens with one attached hydrogen (secondary N) is 3. The molecule has 0 aromatic heterocycles. The van der Waals surface area contributed by atoms with Crippen LogP contribution in [0.25, 0.3) is 0 Å². The van der Waals surface area contributed by atoms with Gasteiger partial charge in [-0.1, -0.05) is 18.2 Å². The van der Waals surface area contributed by atoms with Gasteiger partial charge in [-0.05, 0) is 49.3 Å². The molecule has 0 saturated carbocycles. The van der Waals surface area contributed by atoms with Crippen molar-refractivity contribution >= 4 is 28.9 Å². The summed E-state index contributed by atoms with van der Waals surface area (Å²) >= 11 is 5.22. The molecule has 0 fully saturated rings. The van der Waals surface area contributed by atoms with Crippen LogP contribution in [0.4, 0.5) is 5.69 Å². The van der Waals surface area contributed by atoms with Crippen molar-refractivity contribution in [2.45, 2.75) is 6.42 Å². The third-order valence-electron chi connectivity index (χ3n) is 2.66. The summed E-state index contributed by atoms with van der Waals surface area (Å²) in [4.78, 5) is 11.4. The first-order valence-corrected chi connectivity index (χ1v) is 6.49. The van der Waals surface area contributed by atoms with Crippen LogP contribution in [0.1, 0.15) is 16.8 Å². The van der Waals surface area contributed by atoms with Crippen LogP contribution in [0.5, 0.6) is 0 Å². The number of thiocarbonyl (C=S) groups is 1. The molecule has 2 rings (SSSR count). The highest BCUT2D eigenvalue weighted by atomic mass is 32.1. The van der Waals surface area contributed by atoms with Crippen molar-refractivity contribution in [1.82, 2.24) is 10.7 Å². The van der Waals surface area contributed by atoms with Crippen LogP contribution in [0.2, 0.25) is 0 Å². The van der Waals surface area contributed by atoms with Gasteiger partial charge in [0.15, 0.2) is 5.11 Å². The SMILES string of the molecule is NNC(=O)c1cccc(NC(=S)NC2=CC[CH]C=C2)c1. The van der Waals surface area contributed by atoms with Crippen molar-refractivity contribution in [2.24, 2.45) is 5.84 Å². The lowest BCUT2D eigenvalue weighted by Gasteiger charge is -2.13. The first kappa shape index (κ1) is 14.2. The summed E-state index contributed by atoms with van der Waals surface area (Å²) in [5, 5.41) is 6.57. The second-order valence-electron chi connectivity index (χ2n) is 4.12. The third kappa shape index (κ3) is 3.91. The number of allylic oxidation sites excluding steroid dienone is 3. The summed E-state index contributed by atoms with van der Waals surface area (Å²) in [7, 11) is 0. The van der Waals surface area contributed by atoms with Gasteiger partial charge in [-0.15, -0.1) is 0 Å². The van der Waals surface area contributed by atoms with Gasteiger partial charge in [0.1, 0.15) is 0 Å². The molecule has 0 atom stereocenters. The molecule has 6 heteroatoms. The normalized spacial score (nSPS) is 13.3. The molecule has 1 amide bonds. The lowest BCUT2D eigenvalue weighted by molar-refractivity contribution is 0.0953. The zero-order chi connectivity index (χ0) is 14.4. The van der Waals surface area contributed by atoms with Crippen molar-refractivity contribution < 1.29 is 4.79 Å². The summed E-state index contributed by atoms with van der Waals surface area (Å²) in [6.45, 7) is 0. The van der Waals surface area contributed by atoms with E-state index in [1.54, 1.807) is 18.2 Å². The second-order valence-corrected chi connectivity index (χ2v) is 4.53. The molecular formula is C14H15N4OS. The monoisotopic (exact) mass is 287 g/mol. The minimum Gasteiger partial charge on any atom is -0.333 e. The zero-order valence-corrected chi connectivity index (χ0v) is 11.5. The summed E-state index contributed by atoms with van der Waals surface area (Å²) in [6.07, 6.45) is 8.88. The maximum Gasteiger partial charge on any atom is 0.265 e. The fraction of sp³-hybridized carbons (Fsp3) is 0.0714. The topological polar surface area (TPSA) is 79.2 Å². The van der Waals surface area contributed by atoms with Crippen molar-refractivity contribution in [3.8, 4) is 0 Å². The molecule has 0 unspecified atom stereocenters. The maximum absolute atomic E-state index is 11.4. The molecule has 103 valence electrons. The first-order valence-electron chi connectivity index (χ1n) is 6.08. The average Bonchev–Trinajstić information content (AvgIpc) is 2.47. The quantitative estimate of drug-likeness (QED) is 0.294. The van der Waals surface area contributed by atoms with Gasteiger partial charge in [0.05, 0.1) is 0 Å². The van der Waals surface area contributed by atoms with E-state index in [1.807, 2.05) is 24.3 Å². The molecule has 5 nitrogen and oxygen atoms in total. The van der Waals surface area contributed by atoms with Crippen molar-refractivity contribution in [3.05, 3.63) is 60.2 Å². The molecule has 1 aliphatic rings. The molecule has 0 saturated heterocycles. The molecule has 1 aromatic rings. The lowest BCUT2D eigenvalue weighted by atomic mass is 10.1. The minimum atomic E-state index is -0.346. The van der Waals surface area contributed by atoms with E-state index < -0.39 is 0 Å². The van der Waals surface area contributed by atoms with Crippen LogP contribution in [-0.2, 0) is 0 Å². The Hall–Kier alpha value is -2.18. The number of hydrazine groups is 1. The van der Waals surface area contributed by atoms with E-state index in [0.29, 0.717) is 10.7 Å². The van der Waals surface area contributed by atoms with Gasteiger partial charge in [0.25, 0.3) is 5.91 Å². The van der Waals surface area contributed by atoms with Gasteiger partial charge in [0.2, 0.25) is 0 Å². The smallest absolute Gasteiger partial charge is 0.265 e. The Kier molecular flexibility index (Phi) is 4.86. The third-order valence-corrected chi connectivity index (χ3v) is 2.86. The van der Waals surface area contributed by atoms with Crippen LogP contribution < -0.4 is 21.9 Å². The van der Waals surface area contributed by atoms with Crippen LogP contribution >= 0.6 is 12.2 Å². The zero-order valence-electron chi connectivity index (χ0n) is 10.7. The number of carbonyl (C=O) groups excluding carboxylic acids is 1. The van der Waals surface area contributed by atoms with Gasteiger partial charge >= 0.3 is 0 Å². The predicted molar refractivity (Wildman–Crippen MR) is 83.6 cm³/mol. The Morgan fingerprint density at radius 3 is 2.85 bits per heavy atom. The highest BCUT2D eigenvalue weighted by Crippen LogP contribution is 2.11. The molecule has 0 heterocycles. The van der Waals surface area contributed by atoms with E-state index in [4.69, 9.17) is 18.1 Å². The van der Waals surface area contributed by atoms with Gasteiger partial charge in [-0.2, -0.15) is 0 Å². The maximum atomic E-state index is 11.4. The Morgan fingerprint density at radius 1 is 1.30 bits per heavy atom. The molecule has 20 heavy (non-hydrogen) atoms. The van der Waals surface area contributed by atoms with E-state index in [0.717, 1.165) is 17.8 Å². The highest BCUT2D eigenvalue weighted by Gasteiger charge is 2.05. The van der Waals surface area contributed by atoms with Crippen LogP contribution in [0, 0.1) is 6.42 Å². The molecule has 1 aromatic carbocycles. The molecular weight excluding hydrogens is 272 g/mol. The van der Waals surface area contributed by atoms with E-state index in [9.17, 15) is 4.79 Å². The number of nitrogens with two attached hydrogens (primary N) is 1. The fourth-order valence-corrected chi connectivity index (χ4v) is 1.96. The first-order chi connectivity index (χ1) is 9.69. The standard InChI is InChI=1S/C14H15N4OS/c15-18-13(19)10-5-4-8-12(9-10)17-14(20)16-11-6-2-1-3-7-11/h1-2,4-9H,3,15H2,(H,18,19)(H2,16,17,20). The summed E-state index contributed by atoms with van der Waals surface area (Å²) < 4.78 is 0. The van der Waals surface area contributed by atoms with E-state index >= 15 is 0 Å². The Labute approximate surface area is 122 Å². The Balaban J connectivity index is 1.99. The number of amides is 1. The van der Waals surface area contributed by atoms with Gasteiger partial charge in [0, 0.05) is 16.9 Å².